The molecule has 0 aliphatic carbocycles. The first-order valence-corrected chi connectivity index (χ1v) is 6.56. The normalized spacial score (nSPS) is 10.5. The van der Waals surface area contributed by atoms with Crippen LogP contribution in [0, 0.1) is 13.8 Å². The topological polar surface area (TPSA) is 64.7 Å². The number of pyridine rings is 1. The van der Waals surface area contributed by atoms with Crippen molar-refractivity contribution in [2.45, 2.75) is 23.9 Å². The Kier molecular flexibility index (Phi) is 3.63. The maximum absolute atomic E-state index is 5.88. The fourth-order valence-corrected chi connectivity index (χ4v) is 2.85. The number of hydrogen-bond acceptors (Lipinski definition) is 5. The molecule has 0 amide bonds. The van der Waals surface area contributed by atoms with Crippen molar-refractivity contribution in [1.29, 1.82) is 0 Å². The van der Waals surface area contributed by atoms with Gasteiger partial charge < -0.3 is 5.73 Å². The van der Waals surface area contributed by atoms with Crippen LogP contribution in [0.15, 0.2) is 33.0 Å². The molecule has 0 saturated heterocycles. The lowest BCUT2D eigenvalue weighted by Gasteiger charge is -2.07. The molecule has 2 heterocycles. The van der Waals surface area contributed by atoms with E-state index in [1.54, 1.807) is 12.4 Å². The summed E-state index contributed by atoms with van der Waals surface area (Å²) in [4.78, 5) is 13.6. The van der Waals surface area contributed by atoms with Gasteiger partial charge in [-0.15, -0.1) is 0 Å². The minimum absolute atomic E-state index is 0.618. The quantitative estimate of drug-likeness (QED) is 0.864. The maximum atomic E-state index is 5.88. The predicted molar refractivity (Wildman–Crippen MR) is 72.0 cm³/mol. The Morgan fingerprint density at radius 3 is 2.41 bits per heavy atom. The van der Waals surface area contributed by atoms with Gasteiger partial charge in [-0.2, -0.15) is 0 Å². The smallest absolute Gasteiger partial charge is 0.192 e. The van der Waals surface area contributed by atoms with Crippen LogP contribution in [0.25, 0.3) is 0 Å². The van der Waals surface area contributed by atoms with Crippen LogP contribution < -0.4 is 5.73 Å². The van der Waals surface area contributed by atoms with Crippen molar-refractivity contribution in [3.8, 4) is 0 Å². The summed E-state index contributed by atoms with van der Waals surface area (Å²) in [7, 11) is 0. The van der Waals surface area contributed by atoms with E-state index in [1.165, 1.54) is 11.8 Å². The van der Waals surface area contributed by atoms with Crippen LogP contribution in [0.5, 0.6) is 0 Å². The minimum Gasteiger partial charge on any atom is -0.397 e. The van der Waals surface area contributed by atoms with Crippen LogP contribution in [-0.2, 0) is 0 Å². The van der Waals surface area contributed by atoms with Crippen molar-refractivity contribution >= 4 is 33.4 Å². The maximum Gasteiger partial charge on any atom is 0.192 e. The van der Waals surface area contributed by atoms with E-state index in [2.05, 4.69) is 30.9 Å². The number of aryl methyl sites for hydroxylation is 2. The average molecular weight is 311 g/mol. The summed E-state index contributed by atoms with van der Waals surface area (Å²) in [5.41, 5.74) is 8.39. The Morgan fingerprint density at radius 1 is 1.18 bits per heavy atom. The van der Waals surface area contributed by atoms with Gasteiger partial charge in [0.2, 0.25) is 0 Å². The number of rotatable bonds is 2. The summed E-state index contributed by atoms with van der Waals surface area (Å²) in [5.74, 6) is 0. The van der Waals surface area contributed by atoms with Crippen LogP contribution in [-0.4, -0.2) is 15.0 Å². The molecule has 2 N–H and O–H groups in total. The first kappa shape index (κ1) is 12.3. The highest BCUT2D eigenvalue weighted by Gasteiger charge is 2.09. The van der Waals surface area contributed by atoms with Crippen molar-refractivity contribution in [1.82, 2.24) is 15.0 Å². The van der Waals surface area contributed by atoms with Crippen LogP contribution in [0.3, 0.4) is 0 Å². The molecule has 2 aromatic heterocycles. The van der Waals surface area contributed by atoms with E-state index in [0.29, 0.717) is 10.8 Å². The molecule has 0 spiro atoms. The lowest BCUT2D eigenvalue weighted by atomic mass is 10.4. The largest absolute Gasteiger partial charge is 0.397 e. The molecule has 0 aromatic carbocycles. The van der Waals surface area contributed by atoms with Crippen molar-refractivity contribution in [3.63, 3.8) is 0 Å². The fourth-order valence-electron chi connectivity index (χ4n) is 1.38. The van der Waals surface area contributed by atoms with Gasteiger partial charge >= 0.3 is 0 Å². The van der Waals surface area contributed by atoms with E-state index in [4.69, 9.17) is 5.73 Å². The van der Waals surface area contributed by atoms with E-state index in [1.807, 2.05) is 19.9 Å². The molecular formula is C11H11BrN4S. The molecule has 0 aliphatic rings. The molecule has 88 valence electrons. The molecule has 4 nitrogen and oxygen atoms in total. The van der Waals surface area contributed by atoms with Gasteiger partial charge in [0.05, 0.1) is 21.3 Å². The highest BCUT2D eigenvalue weighted by Crippen LogP contribution is 2.35. The zero-order valence-corrected chi connectivity index (χ0v) is 11.8. The van der Waals surface area contributed by atoms with Crippen molar-refractivity contribution < 1.29 is 0 Å². The monoisotopic (exact) mass is 310 g/mol. The zero-order chi connectivity index (χ0) is 12.4. The summed E-state index contributed by atoms with van der Waals surface area (Å²) in [5, 5.41) is 0.695. The third-order valence-electron chi connectivity index (χ3n) is 2.04. The third kappa shape index (κ3) is 2.95. The lowest BCUT2D eigenvalue weighted by Crippen LogP contribution is -1.95. The van der Waals surface area contributed by atoms with Crippen LogP contribution in [0.2, 0.25) is 0 Å². The van der Waals surface area contributed by atoms with Crippen LogP contribution >= 0.6 is 27.7 Å². The molecule has 6 heteroatoms. The molecule has 0 atom stereocenters. The van der Waals surface area contributed by atoms with Crippen molar-refractivity contribution in [2.24, 2.45) is 0 Å². The Labute approximate surface area is 112 Å². The molecule has 0 radical (unpaired) electrons. The highest BCUT2D eigenvalue weighted by molar-refractivity contribution is 9.10. The molecule has 2 aromatic rings. The average Bonchev–Trinajstić information content (AvgIpc) is 2.22. The number of aromatic nitrogens is 3. The van der Waals surface area contributed by atoms with Gasteiger partial charge in [-0.1, -0.05) is 0 Å². The predicted octanol–water partition coefficient (Wildman–Crippen LogP) is 2.98. The molecule has 0 fully saturated rings. The van der Waals surface area contributed by atoms with E-state index >= 15 is 0 Å². The van der Waals surface area contributed by atoms with Gasteiger partial charge in [-0.3, -0.25) is 4.98 Å². The van der Waals surface area contributed by atoms with E-state index in [9.17, 15) is 0 Å². The van der Waals surface area contributed by atoms with Gasteiger partial charge in [-0.25, -0.2) is 9.97 Å². The van der Waals surface area contributed by atoms with Gasteiger partial charge in [0.25, 0.3) is 0 Å². The van der Waals surface area contributed by atoms with Crippen LogP contribution in [0.4, 0.5) is 5.69 Å². The molecule has 2 rings (SSSR count). The van der Waals surface area contributed by atoms with E-state index < -0.39 is 0 Å². The van der Waals surface area contributed by atoms with Crippen molar-refractivity contribution in [3.05, 3.63) is 34.3 Å². The summed E-state index contributed by atoms with van der Waals surface area (Å²) in [6.07, 6.45) is 3.33. The fraction of sp³-hybridized carbons (Fsp3) is 0.182. The van der Waals surface area contributed by atoms with Gasteiger partial charge in [0.15, 0.2) is 5.16 Å². The molecule has 0 aliphatic heterocycles. The molecular weight excluding hydrogens is 300 g/mol. The van der Waals surface area contributed by atoms with Gasteiger partial charge in [0, 0.05) is 17.6 Å². The Bertz CT molecular complexity index is 519. The molecule has 17 heavy (non-hydrogen) atoms. The summed E-state index contributed by atoms with van der Waals surface area (Å²) in [6, 6.07) is 1.94. The van der Waals surface area contributed by atoms with E-state index in [0.717, 1.165) is 20.8 Å². The molecule has 0 unspecified atom stereocenters. The first-order chi connectivity index (χ1) is 8.06. The van der Waals surface area contributed by atoms with E-state index in [-0.39, 0.29) is 0 Å². The van der Waals surface area contributed by atoms with Gasteiger partial charge in [0.1, 0.15) is 0 Å². The SMILES string of the molecule is Cc1cc(C)nc(Sc2c(N)cncc2Br)n1. The second-order valence-corrected chi connectivity index (χ2v) is 5.41. The number of nitrogens with zero attached hydrogens (tertiary/aromatic N) is 3. The Balaban J connectivity index is 2.38. The van der Waals surface area contributed by atoms with Crippen molar-refractivity contribution in [2.75, 3.05) is 5.73 Å². The number of anilines is 1. The number of nitrogens with two attached hydrogens (primary N) is 1. The highest BCUT2D eigenvalue weighted by atomic mass is 79.9. The summed E-state index contributed by atoms with van der Waals surface area (Å²) in [6.45, 7) is 3.90. The second kappa shape index (κ2) is 5.01. The minimum atomic E-state index is 0.618. The zero-order valence-electron chi connectivity index (χ0n) is 9.44. The molecule has 0 bridgehead atoms. The van der Waals surface area contributed by atoms with Crippen LogP contribution in [0.1, 0.15) is 11.4 Å². The standard InChI is InChI=1S/C11H11BrN4S/c1-6-3-7(2)16-11(15-6)17-10-8(12)4-14-5-9(10)13/h3-5H,13H2,1-2H3. The number of hydrogen-bond donors (Lipinski definition) is 1. The summed E-state index contributed by atoms with van der Waals surface area (Å²) < 4.78 is 0.852. The second-order valence-electron chi connectivity index (χ2n) is 3.58. The third-order valence-corrected chi connectivity index (χ3v) is 3.92. The summed E-state index contributed by atoms with van der Waals surface area (Å²) >= 11 is 4.86. The number of nitrogen functional groups attached to an aromatic ring is 1. The molecule has 0 saturated carbocycles. The lowest BCUT2D eigenvalue weighted by molar-refractivity contribution is 0.902. The van der Waals surface area contributed by atoms with Gasteiger partial charge in [-0.05, 0) is 47.6 Å². The number of halogens is 1. The Morgan fingerprint density at radius 2 is 1.82 bits per heavy atom. The Hall–Kier alpha value is -1.14. The first-order valence-electron chi connectivity index (χ1n) is 4.95.